The van der Waals surface area contributed by atoms with E-state index in [0.29, 0.717) is 13.2 Å². The maximum atomic E-state index is 13.0. The summed E-state index contributed by atoms with van der Waals surface area (Å²) in [7, 11) is -3.22. The summed E-state index contributed by atoms with van der Waals surface area (Å²) in [6, 6.07) is 20.1. The first-order chi connectivity index (χ1) is 11.6. The number of hydrogen-bond donors (Lipinski definition) is 1. The second kappa shape index (κ2) is 9.14. The Morgan fingerprint density at radius 1 is 0.875 bits per heavy atom. The van der Waals surface area contributed by atoms with Gasteiger partial charge in [-0.2, -0.15) is 0 Å². The Bertz CT molecular complexity index is 599. The maximum absolute atomic E-state index is 13.0. The number of rotatable bonds is 9. The highest BCUT2D eigenvalue weighted by Gasteiger charge is 2.34. The van der Waals surface area contributed by atoms with Gasteiger partial charge in [-0.3, -0.25) is 9.88 Å². The minimum atomic E-state index is -3.22. The molecule has 1 unspecified atom stereocenters. The summed E-state index contributed by atoms with van der Waals surface area (Å²) in [4.78, 5) is 0. The van der Waals surface area contributed by atoms with Crippen LogP contribution in [0.1, 0.15) is 37.9 Å². The summed E-state index contributed by atoms with van der Waals surface area (Å²) < 4.78 is 24.0. The third-order valence-corrected chi connectivity index (χ3v) is 6.10. The molecule has 130 valence electrons. The largest absolute Gasteiger partial charge is 0.347 e. The van der Waals surface area contributed by atoms with Crippen LogP contribution in [0.4, 0.5) is 0 Å². The fourth-order valence-corrected chi connectivity index (χ4v) is 4.20. The molecule has 5 heteroatoms. The number of benzene rings is 2. The first kappa shape index (κ1) is 18.9. The van der Waals surface area contributed by atoms with Gasteiger partial charge in [-0.05, 0) is 31.9 Å². The van der Waals surface area contributed by atoms with E-state index in [1.165, 1.54) is 0 Å². The predicted molar refractivity (Wildman–Crippen MR) is 98.2 cm³/mol. The van der Waals surface area contributed by atoms with Gasteiger partial charge in [-0.25, -0.2) is 0 Å². The SMILES string of the molecule is CCOP(=O)(OCC)C(C)NC(c1ccccc1)c1ccccc1. The van der Waals surface area contributed by atoms with Gasteiger partial charge in [0.05, 0.1) is 19.3 Å². The highest BCUT2D eigenvalue weighted by molar-refractivity contribution is 7.54. The van der Waals surface area contributed by atoms with Gasteiger partial charge in [0.15, 0.2) is 0 Å². The summed E-state index contributed by atoms with van der Waals surface area (Å²) in [6.45, 7) is 6.20. The van der Waals surface area contributed by atoms with E-state index in [9.17, 15) is 4.57 Å². The average Bonchev–Trinajstić information content (AvgIpc) is 2.61. The average molecular weight is 347 g/mol. The molecule has 0 aliphatic carbocycles. The first-order valence-electron chi connectivity index (χ1n) is 8.35. The minimum absolute atomic E-state index is 0.0864. The van der Waals surface area contributed by atoms with E-state index < -0.39 is 13.4 Å². The topological polar surface area (TPSA) is 47.6 Å². The van der Waals surface area contributed by atoms with Crippen LogP contribution in [-0.2, 0) is 13.6 Å². The lowest BCUT2D eigenvalue weighted by Gasteiger charge is -2.29. The number of hydrogen-bond acceptors (Lipinski definition) is 4. The highest BCUT2D eigenvalue weighted by Crippen LogP contribution is 2.52. The Morgan fingerprint density at radius 2 is 1.29 bits per heavy atom. The van der Waals surface area contributed by atoms with E-state index in [1.807, 2.05) is 57.2 Å². The van der Waals surface area contributed by atoms with Crippen LogP contribution in [0.2, 0.25) is 0 Å². The molecule has 1 atom stereocenters. The molecule has 0 radical (unpaired) electrons. The lowest BCUT2D eigenvalue weighted by molar-refractivity contribution is 0.208. The Hall–Kier alpha value is -1.45. The second-order valence-electron chi connectivity index (χ2n) is 5.47. The lowest BCUT2D eigenvalue weighted by Crippen LogP contribution is -2.32. The summed E-state index contributed by atoms with van der Waals surface area (Å²) in [6.07, 6.45) is 0. The Kier molecular flexibility index (Phi) is 7.19. The summed E-state index contributed by atoms with van der Waals surface area (Å²) in [5.74, 6) is -0.428. The van der Waals surface area contributed by atoms with Crippen LogP contribution in [0, 0.1) is 0 Å². The number of nitrogens with one attached hydrogen (secondary N) is 1. The zero-order valence-corrected chi connectivity index (χ0v) is 15.4. The van der Waals surface area contributed by atoms with Crippen molar-refractivity contribution >= 4 is 7.60 Å². The van der Waals surface area contributed by atoms with Crippen molar-refractivity contribution in [3.63, 3.8) is 0 Å². The maximum Gasteiger partial charge on any atom is 0.347 e. The van der Waals surface area contributed by atoms with E-state index in [2.05, 4.69) is 29.6 Å². The molecule has 0 aliphatic heterocycles. The van der Waals surface area contributed by atoms with Crippen molar-refractivity contribution in [2.75, 3.05) is 13.2 Å². The van der Waals surface area contributed by atoms with Crippen molar-refractivity contribution in [2.45, 2.75) is 32.6 Å². The molecule has 0 spiro atoms. The standard InChI is InChI=1S/C19H26NO3P/c1-4-22-24(21,23-5-2)16(3)20-19(17-12-8-6-9-13-17)18-14-10-7-11-15-18/h6-16,19-20H,4-5H2,1-3H3. The molecule has 2 aromatic carbocycles. The first-order valence-corrected chi connectivity index (χ1v) is 9.96. The molecule has 0 saturated carbocycles. The van der Waals surface area contributed by atoms with Crippen LogP contribution in [0.25, 0.3) is 0 Å². The van der Waals surface area contributed by atoms with Crippen molar-refractivity contribution in [1.82, 2.24) is 5.32 Å². The monoisotopic (exact) mass is 347 g/mol. The molecular formula is C19H26NO3P. The molecule has 2 rings (SSSR count). The second-order valence-corrected chi connectivity index (χ2v) is 7.84. The predicted octanol–water partition coefficient (Wildman–Crippen LogP) is 4.98. The molecule has 2 aromatic rings. The molecule has 0 fully saturated rings. The van der Waals surface area contributed by atoms with Crippen molar-refractivity contribution in [3.8, 4) is 0 Å². The van der Waals surface area contributed by atoms with Crippen LogP contribution in [0.5, 0.6) is 0 Å². The third-order valence-electron chi connectivity index (χ3n) is 3.77. The zero-order chi connectivity index (χ0) is 17.4. The van der Waals surface area contributed by atoms with Crippen LogP contribution in [-0.4, -0.2) is 19.0 Å². The molecule has 24 heavy (non-hydrogen) atoms. The van der Waals surface area contributed by atoms with Crippen molar-refractivity contribution in [2.24, 2.45) is 0 Å². The van der Waals surface area contributed by atoms with Crippen LogP contribution in [0.3, 0.4) is 0 Å². The fourth-order valence-electron chi connectivity index (χ4n) is 2.63. The Morgan fingerprint density at radius 3 is 1.67 bits per heavy atom. The van der Waals surface area contributed by atoms with Crippen LogP contribution < -0.4 is 5.32 Å². The highest BCUT2D eigenvalue weighted by atomic mass is 31.2. The molecule has 0 aliphatic rings. The fraction of sp³-hybridized carbons (Fsp3) is 0.368. The van der Waals surface area contributed by atoms with E-state index in [0.717, 1.165) is 11.1 Å². The molecular weight excluding hydrogens is 321 g/mol. The molecule has 0 aromatic heterocycles. The molecule has 1 N–H and O–H groups in total. The van der Waals surface area contributed by atoms with Gasteiger partial charge in [0.2, 0.25) is 0 Å². The lowest BCUT2D eigenvalue weighted by atomic mass is 9.99. The van der Waals surface area contributed by atoms with Crippen molar-refractivity contribution in [3.05, 3.63) is 71.8 Å². The van der Waals surface area contributed by atoms with Crippen LogP contribution in [0.15, 0.2) is 60.7 Å². The minimum Gasteiger partial charge on any atom is -0.308 e. The molecule has 0 amide bonds. The van der Waals surface area contributed by atoms with E-state index in [-0.39, 0.29) is 6.04 Å². The van der Waals surface area contributed by atoms with E-state index in [1.54, 1.807) is 0 Å². The Labute approximate surface area is 144 Å². The van der Waals surface area contributed by atoms with E-state index in [4.69, 9.17) is 9.05 Å². The van der Waals surface area contributed by atoms with Gasteiger partial charge < -0.3 is 9.05 Å². The normalized spacial score (nSPS) is 13.2. The Balaban J connectivity index is 2.30. The van der Waals surface area contributed by atoms with Gasteiger partial charge in [-0.15, -0.1) is 0 Å². The zero-order valence-electron chi connectivity index (χ0n) is 14.5. The van der Waals surface area contributed by atoms with E-state index >= 15 is 0 Å². The summed E-state index contributed by atoms with van der Waals surface area (Å²) in [5, 5.41) is 3.45. The molecule has 4 nitrogen and oxygen atoms in total. The molecule has 0 saturated heterocycles. The van der Waals surface area contributed by atoms with Gasteiger partial charge in [0, 0.05) is 0 Å². The summed E-state index contributed by atoms with van der Waals surface area (Å²) in [5.41, 5.74) is 2.21. The third kappa shape index (κ3) is 4.78. The van der Waals surface area contributed by atoms with Gasteiger partial charge in [0.25, 0.3) is 0 Å². The van der Waals surface area contributed by atoms with Gasteiger partial charge in [0.1, 0.15) is 5.78 Å². The van der Waals surface area contributed by atoms with Crippen molar-refractivity contribution < 1.29 is 13.6 Å². The van der Waals surface area contributed by atoms with Gasteiger partial charge in [-0.1, -0.05) is 60.7 Å². The van der Waals surface area contributed by atoms with Crippen LogP contribution >= 0.6 is 7.60 Å². The molecule has 0 heterocycles. The van der Waals surface area contributed by atoms with Gasteiger partial charge >= 0.3 is 7.60 Å². The van der Waals surface area contributed by atoms with Crippen molar-refractivity contribution in [1.29, 1.82) is 0 Å². The summed E-state index contributed by atoms with van der Waals surface area (Å²) >= 11 is 0. The smallest absolute Gasteiger partial charge is 0.308 e. The molecule has 0 bridgehead atoms. The quantitative estimate of drug-likeness (QED) is 0.650.